The van der Waals surface area contributed by atoms with Gasteiger partial charge in [-0.2, -0.15) is 0 Å². The maximum Gasteiger partial charge on any atom is 0.339 e. The lowest BCUT2D eigenvalue weighted by molar-refractivity contribution is -0.148. The molecule has 0 saturated heterocycles. The Kier molecular flexibility index (Phi) is 3.50. The quantitative estimate of drug-likeness (QED) is 0.635. The summed E-state index contributed by atoms with van der Waals surface area (Å²) in [6.07, 6.45) is 0. The fourth-order valence-electron chi connectivity index (χ4n) is 2.03. The molecule has 0 fully saturated rings. The Morgan fingerprint density at radius 3 is 2.68 bits per heavy atom. The van der Waals surface area contributed by atoms with Crippen molar-refractivity contribution in [3.05, 3.63) is 24.3 Å². The minimum Gasteiger partial charge on any atom is -0.464 e. The van der Waals surface area contributed by atoms with Crippen molar-refractivity contribution in [2.45, 2.75) is 19.9 Å². The van der Waals surface area contributed by atoms with Crippen LogP contribution in [0.3, 0.4) is 0 Å². The number of carbonyl (C=O) groups is 3. The van der Waals surface area contributed by atoms with Crippen molar-refractivity contribution in [2.24, 2.45) is 0 Å². The average Bonchev–Trinajstić information content (AvgIpc) is 2.37. The third-order valence-corrected chi connectivity index (χ3v) is 2.78. The number of ether oxygens (including phenoxy) is 1. The van der Waals surface area contributed by atoms with E-state index in [2.05, 4.69) is 5.32 Å². The highest BCUT2D eigenvalue weighted by molar-refractivity contribution is 6.20. The number of anilines is 2. The molecule has 2 rings (SSSR count). The summed E-state index contributed by atoms with van der Waals surface area (Å²) in [5, 5.41) is 2.60. The SMILES string of the molecule is CCOC(=O)C1C(=O)Nc2ccccc2N1C(C)=O. The molecule has 2 amide bonds. The summed E-state index contributed by atoms with van der Waals surface area (Å²) in [4.78, 5) is 36.8. The van der Waals surface area contributed by atoms with Crippen molar-refractivity contribution >= 4 is 29.2 Å². The van der Waals surface area contributed by atoms with Gasteiger partial charge in [-0.3, -0.25) is 14.5 Å². The number of carbonyl (C=O) groups excluding carboxylic acids is 3. The van der Waals surface area contributed by atoms with Gasteiger partial charge >= 0.3 is 5.97 Å². The second-order valence-corrected chi connectivity index (χ2v) is 4.05. The number of nitrogens with one attached hydrogen (secondary N) is 1. The second-order valence-electron chi connectivity index (χ2n) is 4.05. The first kappa shape index (κ1) is 13.1. The molecule has 19 heavy (non-hydrogen) atoms. The smallest absolute Gasteiger partial charge is 0.339 e. The lowest BCUT2D eigenvalue weighted by Gasteiger charge is -2.34. The van der Waals surface area contributed by atoms with Gasteiger partial charge in [0.25, 0.3) is 5.91 Å². The van der Waals surface area contributed by atoms with E-state index in [1.54, 1.807) is 31.2 Å². The van der Waals surface area contributed by atoms with E-state index in [0.29, 0.717) is 11.4 Å². The minimum absolute atomic E-state index is 0.149. The molecule has 1 aliphatic heterocycles. The van der Waals surface area contributed by atoms with Gasteiger partial charge in [0, 0.05) is 6.92 Å². The largest absolute Gasteiger partial charge is 0.464 e. The third kappa shape index (κ3) is 2.29. The number of hydrogen-bond donors (Lipinski definition) is 1. The molecule has 0 saturated carbocycles. The molecule has 1 heterocycles. The Morgan fingerprint density at radius 2 is 2.05 bits per heavy atom. The molecule has 1 aromatic rings. The van der Waals surface area contributed by atoms with Crippen LogP contribution in [0.2, 0.25) is 0 Å². The lowest BCUT2D eigenvalue weighted by atomic mass is 10.1. The van der Waals surface area contributed by atoms with Crippen LogP contribution < -0.4 is 10.2 Å². The van der Waals surface area contributed by atoms with Crippen molar-refractivity contribution in [3.8, 4) is 0 Å². The summed E-state index contributed by atoms with van der Waals surface area (Å²) in [6.45, 7) is 3.10. The molecular formula is C13H14N2O4. The number of fused-ring (bicyclic) bond motifs is 1. The molecule has 1 atom stereocenters. The maximum atomic E-state index is 12.0. The zero-order valence-corrected chi connectivity index (χ0v) is 10.7. The van der Waals surface area contributed by atoms with Crippen molar-refractivity contribution in [1.29, 1.82) is 0 Å². The molecule has 0 aromatic heterocycles. The van der Waals surface area contributed by atoms with Crippen LogP contribution in [0.5, 0.6) is 0 Å². The zero-order chi connectivity index (χ0) is 14.0. The Bertz CT molecular complexity index is 541. The van der Waals surface area contributed by atoms with Gasteiger partial charge in [-0.15, -0.1) is 0 Å². The molecule has 1 unspecified atom stereocenters. The molecule has 6 nitrogen and oxygen atoms in total. The Morgan fingerprint density at radius 1 is 1.37 bits per heavy atom. The summed E-state index contributed by atoms with van der Waals surface area (Å²) in [5.74, 6) is -1.68. The van der Waals surface area contributed by atoms with Crippen molar-refractivity contribution in [2.75, 3.05) is 16.8 Å². The van der Waals surface area contributed by atoms with E-state index in [1.807, 2.05) is 0 Å². The molecular weight excluding hydrogens is 248 g/mol. The van der Waals surface area contributed by atoms with Gasteiger partial charge in [-0.1, -0.05) is 12.1 Å². The summed E-state index contributed by atoms with van der Waals surface area (Å²) in [7, 11) is 0. The van der Waals surface area contributed by atoms with E-state index >= 15 is 0 Å². The normalized spacial score (nSPS) is 17.5. The Labute approximate surface area is 110 Å². The number of rotatable bonds is 2. The molecule has 0 radical (unpaired) electrons. The molecule has 6 heteroatoms. The molecule has 1 aromatic carbocycles. The van der Waals surface area contributed by atoms with Crippen molar-refractivity contribution < 1.29 is 19.1 Å². The van der Waals surface area contributed by atoms with Crippen LogP contribution in [0.1, 0.15) is 13.8 Å². The predicted molar refractivity (Wildman–Crippen MR) is 68.7 cm³/mol. The molecule has 0 spiro atoms. The monoisotopic (exact) mass is 262 g/mol. The molecule has 1 aliphatic rings. The number of amides is 2. The first-order valence-electron chi connectivity index (χ1n) is 5.92. The fourth-order valence-corrected chi connectivity index (χ4v) is 2.03. The summed E-state index contributed by atoms with van der Waals surface area (Å²) in [5.41, 5.74) is 0.996. The Hall–Kier alpha value is -2.37. The highest BCUT2D eigenvalue weighted by Crippen LogP contribution is 2.32. The highest BCUT2D eigenvalue weighted by atomic mass is 16.5. The number of nitrogens with zero attached hydrogens (tertiary/aromatic N) is 1. The summed E-state index contributed by atoms with van der Waals surface area (Å²) in [6, 6.07) is 5.54. The number of para-hydroxylation sites is 2. The van der Waals surface area contributed by atoms with E-state index in [4.69, 9.17) is 4.74 Å². The van der Waals surface area contributed by atoms with E-state index < -0.39 is 17.9 Å². The molecule has 1 N–H and O–H groups in total. The van der Waals surface area contributed by atoms with Crippen LogP contribution in [0.15, 0.2) is 24.3 Å². The maximum absolute atomic E-state index is 12.0. The first-order chi connectivity index (χ1) is 9.06. The molecule has 100 valence electrons. The molecule has 0 bridgehead atoms. The van der Waals surface area contributed by atoms with Crippen LogP contribution in [0.4, 0.5) is 11.4 Å². The highest BCUT2D eigenvalue weighted by Gasteiger charge is 2.41. The van der Waals surface area contributed by atoms with Gasteiger partial charge in [0.05, 0.1) is 18.0 Å². The van der Waals surface area contributed by atoms with E-state index in [0.717, 1.165) is 4.90 Å². The van der Waals surface area contributed by atoms with Crippen LogP contribution in [-0.4, -0.2) is 30.4 Å². The van der Waals surface area contributed by atoms with Crippen LogP contribution >= 0.6 is 0 Å². The summed E-state index contributed by atoms with van der Waals surface area (Å²) < 4.78 is 4.85. The van der Waals surface area contributed by atoms with E-state index in [9.17, 15) is 14.4 Å². The van der Waals surface area contributed by atoms with Gasteiger partial charge in [0.2, 0.25) is 11.9 Å². The van der Waals surface area contributed by atoms with Gasteiger partial charge in [0.1, 0.15) is 0 Å². The first-order valence-corrected chi connectivity index (χ1v) is 5.92. The van der Waals surface area contributed by atoms with E-state index in [1.165, 1.54) is 6.92 Å². The predicted octanol–water partition coefficient (Wildman–Crippen LogP) is 0.923. The topological polar surface area (TPSA) is 75.7 Å². The van der Waals surface area contributed by atoms with Crippen molar-refractivity contribution in [3.63, 3.8) is 0 Å². The van der Waals surface area contributed by atoms with Gasteiger partial charge in [0.15, 0.2) is 0 Å². The number of esters is 1. The molecule has 0 aliphatic carbocycles. The number of hydrogen-bond acceptors (Lipinski definition) is 4. The minimum atomic E-state index is -1.27. The Balaban J connectivity index is 2.47. The second kappa shape index (κ2) is 5.09. The van der Waals surface area contributed by atoms with Crippen LogP contribution in [0.25, 0.3) is 0 Å². The number of benzene rings is 1. The fraction of sp³-hybridized carbons (Fsp3) is 0.308. The van der Waals surface area contributed by atoms with Crippen LogP contribution in [-0.2, 0) is 19.1 Å². The third-order valence-electron chi connectivity index (χ3n) is 2.78. The van der Waals surface area contributed by atoms with Gasteiger partial charge in [-0.25, -0.2) is 4.79 Å². The summed E-state index contributed by atoms with van der Waals surface area (Å²) >= 11 is 0. The zero-order valence-electron chi connectivity index (χ0n) is 10.7. The van der Waals surface area contributed by atoms with Crippen molar-refractivity contribution in [1.82, 2.24) is 0 Å². The van der Waals surface area contributed by atoms with Gasteiger partial charge < -0.3 is 10.1 Å². The van der Waals surface area contributed by atoms with E-state index in [-0.39, 0.29) is 12.5 Å². The van der Waals surface area contributed by atoms with Crippen LogP contribution in [0, 0.1) is 0 Å². The van der Waals surface area contributed by atoms with Gasteiger partial charge in [-0.05, 0) is 19.1 Å². The average molecular weight is 262 g/mol. The standard InChI is InChI=1S/C13H14N2O4/c1-3-19-13(18)11-12(17)14-9-6-4-5-7-10(9)15(11)8(2)16/h4-7,11H,3H2,1-2H3,(H,14,17). The lowest BCUT2D eigenvalue weighted by Crippen LogP contribution is -2.55.